The van der Waals surface area contributed by atoms with Crippen LogP contribution in [0.25, 0.3) is 10.9 Å². The highest BCUT2D eigenvalue weighted by Crippen LogP contribution is 2.29. The third-order valence-electron chi connectivity index (χ3n) is 6.49. The van der Waals surface area contributed by atoms with Gasteiger partial charge in [-0.15, -0.1) is 0 Å². The molecule has 2 N–H and O–H groups in total. The zero-order chi connectivity index (χ0) is 23.2. The fraction of sp³-hybridized carbons (Fsp3) is 0.429. The number of aliphatic carboxylic acids is 1. The zero-order valence-electron chi connectivity index (χ0n) is 19.6. The van der Waals surface area contributed by atoms with Crippen LogP contribution in [-0.2, 0) is 24.4 Å². The predicted octanol–water partition coefficient (Wildman–Crippen LogP) is 5.75. The van der Waals surface area contributed by atoms with E-state index in [-0.39, 0.29) is 12.0 Å². The minimum Gasteiger partial charge on any atom is -0.487 e. The Morgan fingerprint density at radius 3 is 2.67 bits per heavy atom. The maximum Gasteiger partial charge on any atom is 0.306 e. The molecule has 2 unspecified atom stereocenters. The van der Waals surface area contributed by atoms with E-state index in [9.17, 15) is 9.90 Å². The smallest absolute Gasteiger partial charge is 0.306 e. The van der Waals surface area contributed by atoms with Crippen LogP contribution in [0.3, 0.4) is 0 Å². The molecule has 0 amide bonds. The lowest BCUT2D eigenvalue weighted by atomic mass is 9.85. The average molecular weight is 447 g/mol. The van der Waals surface area contributed by atoms with E-state index in [0.29, 0.717) is 25.5 Å². The van der Waals surface area contributed by atoms with Gasteiger partial charge in [-0.25, -0.2) is 0 Å². The number of rotatable bonds is 9. The molecule has 0 saturated heterocycles. The van der Waals surface area contributed by atoms with E-state index in [1.807, 2.05) is 12.1 Å². The van der Waals surface area contributed by atoms with Crippen LogP contribution in [0, 0.1) is 11.8 Å². The molecule has 1 aliphatic carbocycles. The third-order valence-corrected chi connectivity index (χ3v) is 6.49. The minimum atomic E-state index is -0.674. The van der Waals surface area contributed by atoms with Gasteiger partial charge in [0.1, 0.15) is 17.9 Å². The minimum absolute atomic E-state index is 0.232. The molecule has 2 atom stereocenters. The van der Waals surface area contributed by atoms with Gasteiger partial charge in [0.25, 0.3) is 0 Å². The molecule has 5 heteroatoms. The summed E-state index contributed by atoms with van der Waals surface area (Å²) in [7, 11) is 0. The van der Waals surface area contributed by atoms with Crippen molar-refractivity contribution in [3.8, 4) is 5.75 Å². The summed E-state index contributed by atoms with van der Waals surface area (Å²) in [5.74, 6) is 0.524. The molecule has 0 spiro atoms. The molecule has 1 fully saturated rings. The summed E-state index contributed by atoms with van der Waals surface area (Å²) in [5.41, 5.74) is 4.51. The number of hydrogen-bond acceptors (Lipinski definition) is 4. The van der Waals surface area contributed by atoms with Gasteiger partial charge >= 0.3 is 5.97 Å². The van der Waals surface area contributed by atoms with Gasteiger partial charge in [-0.05, 0) is 60.4 Å². The molecule has 33 heavy (non-hydrogen) atoms. The molecule has 5 nitrogen and oxygen atoms in total. The predicted molar refractivity (Wildman–Crippen MR) is 131 cm³/mol. The van der Waals surface area contributed by atoms with Crippen molar-refractivity contribution in [1.82, 2.24) is 10.3 Å². The maximum atomic E-state index is 11.4. The third kappa shape index (κ3) is 6.11. The van der Waals surface area contributed by atoms with Gasteiger partial charge in [-0.3, -0.25) is 9.78 Å². The number of pyridine rings is 1. The number of nitrogens with zero attached hydrogens (tertiary/aromatic N) is 1. The molecule has 174 valence electrons. The molecule has 0 aliphatic heterocycles. The van der Waals surface area contributed by atoms with Crippen molar-refractivity contribution in [3.05, 3.63) is 71.4 Å². The molecule has 2 aromatic carbocycles. The van der Waals surface area contributed by atoms with Crippen molar-refractivity contribution in [2.24, 2.45) is 11.8 Å². The summed E-state index contributed by atoms with van der Waals surface area (Å²) in [6, 6.07) is 17.0. The summed E-state index contributed by atoms with van der Waals surface area (Å²) in [5, 5.41) is 14.0. The Balaban J connectivity index is 1.42. The Labute approximate surface area is 196 Å². The van der Waals surface area contributed by atoms with Crippen molar-refractivity contribution in [3.63, 3.8) is 0 Å². The van der Waals surface area contributed by atoms with E-state index in [0.717, 1.165) is 53.5 Å². The van der Waals surface area contributed by atoms with Crippen molar-refractivity contribution in [2.45, 2.75) is 65.1 Å². The number of benzene rings is 2. The van der Waals surface area contributed by atoms with Crippen LogP contribution in [0.1, 0.15) is 56.2 Å². The Morgan fingerprint density at radius 2 is 1.91 bits per heavy atom. The highest BCUT2D eigenvalue weighted by Gasteiger charge is 2.26. The topological polar surface area (TPSA) is 71.5 Å². The SMILES string of the molecule is CC(C)Cc1ccc(COc2ccc(CNC3CCCC(C(=O)O)C3)c3cccnc23)cc1. The van der Waals surface area contributed by atoms with Crippen molar-refractivity contribution in [1.29, 1.82) is 0 Å². The number of nitrogens with one attached hydrogen (secondary N) is 1. The fourth-order valence-corrected chi connectivity index (χ4v) is 4.73. The number of aromatic nitrogens is 1. The fourth-order valence-electron chi connectivity index (χ4n) is 4.73. The summed E-state index contributed by atoms with van der Waals surface area (Å²) in [4.78, 5) is 16.0. The molecule has 4 rings (SSSR count). The Morgan fingerprint density at radius 1 is 1.12 bits per heavy atom. The van der Waals surface area contributed by atoms with E-state index >= 15 is 0 Å². The lowest BCUT2D eigenvalue weighted by Gasteiger charge is -2.27. The van der Waals surface area contributed by atoms with Gasteiger partial charge in [0.15, 0.2) is 0 Å². The number of carboxylic acids is 1. The Bertz CT molecular complexity index is 1080. The normalized spacial score (nSPS) is 18.5. The number of fused-ring (bicyclic) bond motifs is 1. The maximum absolute atomic E-state index is 11.4. The largest absolute Gasteiger partial charge is 0.487 e. The second-order valence-corrected chi connectivity index (χ2v) is 9.61. The van der Waals surface area contributed by atoms with Crippen molar-refractivity contribution < 1.29 is 14.6 Å². The highest BCUT2D eigenvalue weighted by atomic mass is 16.5. The van der Waals surface area contributed by atoms with Crippen LogP contribution >= 0.6 is 0 Å². The van der Waals surface area contributed by atoms with Crippen LogP contribution < -0.4 is 10.1 Å². The first-order valence-electron chi connectivity index (χ1n) is 12.0. The standard InChI is InChI=1S/C28H34N2O3/c1-19(2)15-20-8-10-21(11-9-20)18-33-26-13-12-23(25-7-4-14-29-27(25)26)17-30-24-6-3-5-22(16-24)28(31)32/h4,7-14,19,22,24,30H,3,5-6,15-18H2,1-2H3,(H,31,32). The van der Waals surface area contributed by atoms with Gasteiger partial charge in [0, 0.05) is 24.2 Å². The van der Waals surface area contributed by atoms with Crippen LogP contribution in [0.5, 0.6) is 5.75 Å². The van der Waals surface area contributed by atoms with E-state index in [4.69, 9.17) is 4.74 Å². The molecule has 3 aromatic rings. The second-order valence-electron chi connectivity index (χ2n) is 9.61. The Hall–Kier alpha value is -2.92. The highest BCUT2D eigenvalue weighted by molar-refractivity contribution is 5.87. The second kappa shape index (κ2) is 10.8. The van der Waals surface area contributed by atoms with Crippen molar-refractivity contribution >= 4 is 16.9 Å². The summed E-state index contributed by atoms with van der Waals surface area (Å²) in [6.07, 6.45) is 6.35. The zero-order valence-corrected chi connectivity index (χ0v) is 19.6. The average Bonchev–Trinajstić information content (AvgIpc) is 2.82. The van der Waals surface area contributed by atoms with E-state index in [1.54, 1.807) is 6.20 Å². The van der Waals surface area contributed by atoms with Gasteiger partial charge in [-0.2, -0.15) is 0 Å². The van der Waals surface area contributed by atoms with Gasteiger partial charge in [0.2, 0.25) is 0 Å². The van der Waals surface area contributed by atoms with E-state index < -0.39 is 5.97 Å². The molecule has 1 aromatic heterocycles. The first-order chi connectivity index (χ1) is 16.0. The molecule has 1 aliphatic rings. The molecule has 0 bridgehead atoms. The van der Waals surface area contributed by atoms with Crippen LogP contribution in [0.15, 0.2) is 54.7 Å². The van der Waals surface area contributed by atoms with Gasteiger partial charge < -0.3 is 15.2 Å². The Kier molecular flexibility index (Phi) is 7.61. The van der Waals surface area contributed by atoms with E-state index in [2.05, 4.69) is 60.5 Å². The quantitative estimate of drug-likeness (QED) is 0.438. The van der Waals surface area contributed by atoms with E-state index in [1.165, 1.54) is 5.56 Å². The summed E-state index contributed by atoms with van der Waals surface area (Å²) in [6.45, 7) is 5.66. The molecular formula is C28H34N2O3. The summed E-state index contributed by atoms with van der Waals surface area (Å²) < 4.78 is 6.17. The summed E-state index contributed by atoms with van der Waals surface area (Å²) >= 11 is 0. The van der Waals surface area contributed by atoms with Crippen molar-refractivity contribution in [2.75, 3.05) is 0 Å². The molecular weight excluding hydrogens is 412 g/mol. The first kappa shape index (κ1) is 23.2. The number of ether oxygens (including phenoxy) is 1. The monoisotopic (exact) mass is 446 g/mol. The van der Waals surface area contributed by atoms with Gasteiger partial charge in [0.05, 0.1) is 5.92 Å². The number of carbonyl (C=O) groups is 1. The molecule has 0 radical (unpaired) electrons. The van der Waals surface area contributed by atoms with Gasteiger partial charge in [-0.1, -0.05) is 56.7 Å². The molecule has 1 heterocycles. The lowest BCUT2D eigenvalue weighted by molar-refractivity contribution is -0.143. The van der Waals surface area contributed by atoms with Crippen LogP contribution in [-0.4, -0.2) is 22.1 Å². The lowest BCUT2D eigenvalue weighted by Crippen LogP contribution is -2.36. The number of hydrogen-bond donors (Lipinski definition) is 2. The van der Waals surface area contributed by atoms with Crippen LogP contribution in [0.2, 0.25) is 0 Å². The first-order valence-corrected chi connectivity index (χ1v) is 12.0. The van der Waals surface area contributed by atoms with Crippen LogP contribution in [0.4, 0.5) is 0 Å². The number of carboxylic acid groups (broad SMARTS) is 1. The molecule has 1 saturated carbocycles.